The van der Waals surface area contributed by atoms with Crippen LogP contribution in [0.3, 0.4) is 0 Å². The lowest BCUT2D eigenvalue weighted by Gasteiger charge is -2.09. The van der Waals surface area contributed by atoms with Gasteiger partial charge in [-0.1, -0.05) is 11.2 Å². The van der Waals surface area contributed by atoms with Crippen molar-refractivity contribution in [2.75, 3.05) is 12.1 Å². The van der Waals surface area contributed by atoms with Crippen molar-refractivity contribution in [3.63, 3.8) is 0 Å². The van der Waals surface area contributed by atoms with Crippen molar-refractivity contribution in [3.8, 4) is 0 Å². The Morgan fingerprint density at radius 3 is 3.08 bits per heavy atom. The highest BCUT2D eigenvalue weighted by Gasteiger charge is 1.98. The third-order valence-corrected chi connectivity index (χ3v) is 1.42. The smallest absolute Gasteiger partial charge is 0.152 e. The molecule has 1 N–H and O–H groups in total. The first kappa shape index (κ1) is 9.31. The largest absolute Gasteiger partial charge is 0.287 e. The number of rotatable bonds is 3. The van der Waals surface area contributed by atoms with Crippen molar-refractivity contribution in [1.29, 1.82) is 0 Å². The Hall–Kier alpha value is -1.78. The Morgan fingerprint density at radius 2 is 2.46 bits per heavy atom. The fourth-order valence-corrected chi connectivity index (χ4v) is 0.839. The van der Waals surface area contributed by atoms with E-state index in [1.54, 1.807) is 18.2 Å². The van der Waals surface area contributed by atoms with Crippen LogP contribution in [0.15, 0.2) is 23.3 Å². The van der Waals surface area contributed by atoms with E-state index in [-0.39, 0.29) is 6.54 Å². The van der Waals surface area contributed by atoms with Crippen molar-refractivity contribution in [1.82, 2.24) is 4.98 Å². The van der Waals surface area contributed by atoms with E-state index in [1.807, 2.05) is 0 Å². The van der Waals surface area contributed by atoms with Crippen LogP contribution >= 0.6 is 0 Å². The van der Waals surface area contributed by atoms with Gasteiger partial charge in [-0.15, -0.1) is 0 Å². The molecule has 0 aliphatic heterocycles. The molecule has 6 nitrogen and oxygen atoms in total. The van der Waals surface area contributed by atoms with Crippen LogP contribution in [0.1, 0.15) is 5.69 Å². The van der Waals surface area contributed by atoms with Gasteiger partial charge in [0.15, 0.2) is 5.82 Å². The van der Waals surface area contributed by atoms with Crippen LogP contribution in [-0.4, -0.2) is 17.2 Å². The molecule has 1 aromatic heterocycles. The average Bonchev–Trinajstić information content (AvgIpc) is 2.15. The van der Waals surface area contributed by atoms with Crippen molar-refractivity contribution >= 4 is 5.82 Å². The van der Waals surface area contributed by atoms with Crippen LogP contribution in [0.4, 0.5) is 5.82 Å². The number of anilines is 1. The second-order valence-electron chi connectivity index (χ2n) is 2.40. The summed E-state index contributed by atoms with van der Waals surface area (Å²) < 4.78 is 0. The lowest BCUT2D eigenvalue weighted by atomic mass is 10.3. The summed E-state index contributed by atoms with van der Waals surface area (Å²) >= 11 is 0. The van der Waals surface area contributed by atoms with Crippen molar-refractivity contribution in [2.24, 2.45) is 5.11 Å². The molecule has 0 amide bonds. The normalized spacial score (nSPS) is 9.08. The van der Waals surface area contributed by atoms with Crippen LogP contribution in [0.25, 0.3) is 10.4 Å². The van der Waals surface area contributed by atoms with Gasteiger partial charge in [0.1, 0.15) is 0 Å². The van der Waals surface area contributed by atoms with Gasteiger partial charge in [0, 0.05) is 17.7 Å². The van der Waals surface area contributed by atoms with Crippen LogP contribution in [0.5, 0.6) is 0 Å². The maximum absolute atomic E-state index is 9.04. The predicted molar refractivity (Wildman–Crippen MR) is 47.3 cm³/mol. The van der Waals surface area contributed by atoms with E-state index >= 15 is 0 Å². The summed E-state index contributed by atoms with van der Waals surface area (Å²) in [6.45, 7) is 0.193. The number of nitrogens with zero attached hydrogens (tertiary/aromatic N) is 5. The van der Waals surface area contributed by atoms with Gasteiger partial charge in [0.2, 0.25) is 0 Å². The molecule has 1 aromatic rings. The van der Waals surface area contributed by atoms with Crippen LogP contribution in [-0.2, 0) is 6.54 Å². The maximum atomic E-state index is 9.04. The lowest BCUT2D eigenvalue weighted by Crippen LogP contribution is -2.12. The first-order valence-electron chi connectivity index (χ1n) is 3.63. The van der Waals surface area contributed by atoms with E-state index in [2.05, 4.69) is 15.0 Å². The highest BCUT2D eigenvalue weighted by Crippen LogP contribution is 2.08. The van der Waals surface area contributed by atoms with Crippen molar-refractivity contribution < 1.29 is 5.21 Å². The van der Waals surface area contributed by atoms with Gasteiger partial charge in [-0.05, 0) is 17.7 Å². The molecule has 6 heteroatoms. The number of pyridine rings is 1. The van der Waals surface area contributed by atoms with E-state index in [1.165, 1.54) is 7.05 Å². The van der Waals surface area contributed by atoms with Crippen LogP contribution in [0, 0.1) is 0 Å². The van der Waals surface area contributed by atoms with Gasteiger partial charge in [-0.25, -0.2) is 10.0 Å². The summed E-state index contributed by atoms with van der Waals surface area (Å²) in [6.07, 6.45) is 0. The second kappa shape index (κ2) is 4.30. The Labute approximate surface area is 75.0 Å². The number of azide groups is 1. The Balaban J connectivity index is 2.85. The minimum Gasteiger partial charge on any atom is -0.287 e. The Bertz CT molecular complexity index is 331. The monoisotopic (exact) mass is 179 g/mol. The standard InChI is InChI=1S/C7H9N5O/c1-12(13)7-4-2-3-6(10-7)5-9-11-8/h2-4,13H,5H2,1H3. The third kappa shape index (κ3) is 2.62. The molecule has 1 rings (SSSR count). The summed E-state index contributed by atoms with van der Waals surface area (Å²) in [6, 6.07) is 5.11. The van der Waals surface area contributed by atoms with E-state index in [0.717, 1.165) is 5.06 Å². The molecular formula is C7H9N5O. The molecule has 0 aliphatic rings. The molecule has 0 aliphatic carbocycles. The molecule has 0 saturated carbocycles. The summed E-state index contributed by atoms with van der Waals surface area (Å²) in [4.78, 5) is 6.64. The number of hydroxylamine groups is 1. The first-order valence-corrected chi connectivity index (χ1v) is 3.63. The SMILES string of the molecule is CN(O)c1cccc(CN=[N+]=[N-])n1. The molecule has 0 unspecified atom stereocenters. The maximum Gasteiger partial charge on any atom is 0.152 e. The number of hydrogen-bond donors (Lipinski definition) is 1. The van der Waals surface area contributed by atoms with Gasteiger partial charge >= 0.3 is 0 Å². The molecule has 0 bridgehead atoms. The zero-order valence-corrected chi connectivity index (χ0v) is 7.12. The predicted octanol–water partition coefficient (Wildman–Crippen LogP) is 1.72. The summed E-state index contributed by atoms with van der Waals surface area (Å²) in [5.41, 5.74) is 8.70. The lowest BCUT2D eigenvalue weighted by molar-refractivity contribution is 0.276. The van der Waals surface area contributed by atoms with Gasteiger partial charge in [0.05, 0.1) is 6.54 Å². The molecule has 0 radical (unpaired) electrons. The minimum atomic E-state index is 0.193. The number of hydrogen-bond acceptors (Lipinski definition) is 4. The van der Waals surface area contributed by atoms with E-state index in [0.29, 0.717) is 11.5 Å². The van der Waals surface area contributed by atoms with Crippen molar-refractivity contribution in [2.45, 2.75) is 6.54 Å². The third-order valence-electron chi connectivity index (χ3n) is 1.42. The number of aromatic nitrogens is 1. The minimum absolute atomic E-state index is 0.193. The fraction of sp³-hybridized carbons (Fsp3) is 0.286. The molecule has 13 heavy (non-hydrogen) atoms. The van der Waals surface area contributed by atoms with Gasteiger partial charge < -0.3 is 0 Å². The van der Waals surface area contributed by atoms with Gasteiger partial charge in [-0.2, -0.15) is 0 Å². The molecule has 0 saturated heterocycles. The Kier molecular flexibility index (Phi) is 3.08. The zero-order valence-electron chi connectivity index (χ0n) is 7.12. The average molecular weight is 179 g/mol. The molecule has 0 atom stereocenters. The fourth-order valence-electron chi connectivity index (χ4n) is 0.839. The molecular weight excluding hydrogens is 170 g/mol. The first-order chi connectivity index (χ1) is 6.24. The topological polar surface area (TPSA) is 85.1 Å². The van der Waals surface area contributed by atoms with E-state index in [9.17, 15) is 0 Å². The van der Waals surface area contributed by atoms with E-state index < -0.39 is 0 Å². The van der Waals surface area contributed by atoms with E-state index in [4.69, 9.17) is 10.7 Å². The highest BCUT2D eigenvalue weighted by atomic mass is 16.5. The summed E-state index contributed by atoms with van der Waals surface area (Å²) in [7, 11) is 1.47. The highest BCUT2D eigenvalue weighted by molar-refractivity contribution is 5.34. The van der Waals surface area contributed by atoms with Crippen molar-refractivity contribution in [3.05, 3.63) is 34.3 Å². The van der Waals surface area contributed by atoms with Crippen LogP contribution < -0.4 is 5.06 Å². The van der Waals surface area contributed by atoms with Gasteiger partial charge in [-0.3, -0.25) is 5.21 Å². The summed E-state index contributed by atoms with van der Waals surface area (Å²) in [5.74, 6) is 0.422. The second-order valence-corrected chi connectivity index (χ2v) is 2.40. The molecule has 1 heterocycles. The molecule has 0 fully saturated rings. The van der Waals surface area contributed by atoms with Crippen LogP contribution in [0.2, 0.25) is 0 Å². The summed E-state index contributed by atoms with van der Waals surface area (Å²) in [5, 5.41) is 13.3. The molecule has 0 aromatic carbocycles. The zero-order chi connectivity index (χ0) is 9.68. The quantitative estimate of drug-likeness (QED) is 0.331. The Morgan fingerprint density at radius 1 is 1.69 bits per heavy atom. The van der Waals surface area contributed by atoms with Gasteiger partial charge in [0.25, 0.3) is 0 Å². The molecule has 68 valence electrons. The molecule has 0 spiro atoms.